The van der Waals surface area contributed by atoms with E-state index in [1.807, 2.05) is 31.2 Å². The van der Waals surface area contributed by atoms with Gasteiger partial charge in [-0.1, -0.05) is 35.5 Å². The Morgan fingerprint density at radius 1 is 1.15 bits per heavy atom. The van der Waals surface area contributed by atoms with Gasteiger partial charge in [-0.15, -0.1) is 0 Å². The van der Waals surface area contributed by atoms with Crippen LogP contribution in [-0.4, -0.2) is 20.9 Å². The fraction of sp³-hybridized carbons (Fsp3) is 0.250. The van der Waals surface area contributed by atoms with Crippen LogP contribution in [0.3, 0.4) is 0 Å². The summed E-state index contributed by atoms with van der Waals surface area (Å²) >= 11 is 0. The second kappa shape index (κ2) is 6.90. The Bertz CT molecular complexity index is 982. The number of amides is 1. The Balaban J connectivity index is 1.63. The Labute approximate surface area is 154 Å². The highest BCUT2D eigenvalue weighted by atomic mass is 19.1. The van der Waals surface area contributed by atoms with E-state index in [-0.39, 0.29) is 30.3 Å². The lowest BCUT2D eigenvalue weighted by Gasteiger charge is -2.22. The first-order valence-electron chi connectivity index (χ1n) is 8.66. The third kappa shape index (κ3) is 3.20. The number of hydrogen-bond acceptors (Lipinski definition) is 4. The van der Waals surface area contributed by atoms with Crippen molar-refractivity contribution in [1.82, 2.24) is 15.0 Å². The number of aryl methyl sites for hydroxylation is 1. The van der Waals surface area contributed by atoms with Crippen LogP contribution >= 0.6 is 0 Å². The fourth-order valence-electron chi connectivity index (χ4n) is 3.35. The molecule has 1 aliphatic heterocycles. The summed E-state index contributed by atoms with van der Waals surface area (Å²) in [7, 11) is 0. The minimum Gasteiger partial charge on any atom is -0.337 e. The highest BCUT2D eigenvalue weighted by molar-refractivity contribution is 5.79. The summed E-state index contributed by atoms with van der Waals surface area (Å²) in [5, 5.41) is 4.02. The van der Waals surface area contributed by atoms with Gasteiger partial charge in [0.2, 0.25) is 17.6 Å². The summed E-state index contributed by atoms with van der Waals surface area (Å²) in [6.45, 7) is 1.77. The first-order chi connectivity index (χ1) is 13.0. The fourth-order valence-corrected chi connectivity index (χ4v) is 3.35. The van der Waals surface area contributed by atoms with Gasteiger partial charge in [-0.05, 0) is 31.0 Å². The molecular formula is C20H17F2N3O2. The highest BCUT2D eigenvalue weighted by Gasteiger charge is 2.37. The molecule has 3 aromatic rings. The van der Waals surface area contributed by atoms with E-state index in [1.165, 1.54) is 23.1 Å². The van der Waals surface area contributed by atoms with Crippen molar-refractivity contribution in [3.8, 4) is 11.4 Å². The van der Waals surface area contributed by atoms with E-state index < -0.39 is 17.7 Å². The largest absolute Gasteiger partial charge is 0.337 e. The number of rotatable bonds is 4. The molecule has 1 aliphatic rings. The van der Waals surface area contributed by atoms with Crippen LogP contribution in [0.4, 0.5) is 8.78 Å². The number of aromatic nitrogens is 2. The molecule has 0 saturated carbocycles. The van der Waals surface area contributed by atoms with Gasteiger partial charge < -0.3 is 9.42 Å². The van der Waals surface area contributed by atoms with Crippen molar-refractivity contribution in [3.05, 3.63) is 71.1 Å². The van der Waals surface area contributed by atoms with Gasteiger partial charge in [-0.25, -0.2) is 8.78 Å². The summed E-state index contributed by atoms with van der Waals surface area (Å²) in [4.78, 5) is 18.1. The predicted molar refractivity (Wildman–Crippen MR) is 93.4 cm³/mol. The molecule has 27 heavy (non-hydrogen) atoms. The zero-order valence-electron chi connectivity index (χ0n) is 14.7. The average molecular weight is 369 g/mol. The summed E-state index contributed by atoms with van der Waals surface area (Å²) in [5.74, 6) is -0.854. The lowest BCUT2D eigenvalue weighted by atomic mass is 10.1. The van der Waals surface area contributed by atoms with Crippen LogP contribution in [-0.2, 0) is 11.3 Å². The van der Waals surface area contributed by atoms with Gasteiger partial charge in [0.15, 0.2) is 0 Å². The lowest BCUT2D eigenvalue weighted by molar-refractivity contribution is -0.130. The summed E-state index contributed by atoms with van der Waals surface area (Å²) in [5.41, 5.74) is 1.69. The number of benzene rings is 2. The van der Waals surface area contributed by atoms with E-state index in [4.69, 9.17) is 4.52 Å². The van der Waals surface area contributed by atoms with Crippen LogP contribution in [0, 0.1) is 18.6 Å². The molecule has 1 aromatic heterocycles. The van der Waals surface area contributed by atoms with Crippen LogP contribution in [0.25, 0.3) is 11.4 Å². The SMILES string of the molecule is Cc1ccccc1-c1noc(C2CCC(=O)N2Cc2c(F)cccc2F)n1. The molecule has 0 radical (unpaired) electrons. The average Bonchev–Trinajstić information content (AvgIpc) is 3.26. The van der Waals surface area contributed by atoms with E-state index >= 15 is 0 Å². The maximum absolute atomic E-state index is 14.0. The molecule has 7 heteroatoms. The molecule has 1 fully saturated rings. The van der Waals surface area contributed by atoms with Crippen LogP contribution in [0.2, 0.25) is 0 Å². The molecule has 4 rings (SSSR count). The van der Waals surface area contributed by atoms with Gasteiger partial charge in [0.25, 0.3) is 0 Å². The van der Waals surface area contributed by atoms with Gasteiger partial charge in [0, 0.05) is 17.5 Å². The lowest BCUT2D eigenvalue weighted by Crippen LogP contribution is -2.28. The maximum Gasteiger partial charge on any atom is 0.249 e. The molecule has 1 atom stereocenters. The van der Waals surface area contributed by atoms with Crippen LogP contribution in [0.15, 0.2) is 47.0 Å². The molecule has 1 amide bonds. The molecule has 0 bridgehead atoms. The van der Waals surface area contributed by atoms with Crippen molar-refractivity contribution in [2.24, 2.45) is 0 Å². The van der Waals surface area contributed by atoms with Crippen molar-refractivity contribution >= 4 is 5.91 Å². The monoisotopic (exact) mass is 369 g/mol. The topological polar surface area (TPSA) is 59.2 Å². The molecule has 0 spiro atoms. The summed E-state index contributed by atoms with van der Waals surface area (Å²) in [6, 6.07) is 10.8. The first kappa shape index (κ1) is 17.3. The molecule has 2 aromatic carbocycles. The molecule has 5 nitrogen and oxygen atoms in total. The second-order valence-electron chi connectivity index (χ2n) is 6.55. The normalized spacial score (nSPS) is 16.9. The van der Waals surface area contributed by atoms with Gasteiger partial charge in [0.1, 0.15) is 17.7 Å². The van der Waals surface area contributed by atoms with Crippen LogP contribution in [0.5, 0.6) is 0 Å². The van der Waals surface area contributed by atoms with Gasteiger partial charge in [-0.2, -0.15) is 4.98 Å². The molecule has 0 N–H and O–H groups in total. The Hall–Kier alpha value is -3.09. The smallest absolute Gasteiger partial charge is 0.249 e. The van der Waals surface area contributed by atoms with E-state index in [0.717, 1.165) is 11.1 Å². The molecule has 2 heterocycles. The Morgan fingerprint density at radius 3 is 2.63 bits per heavy atom. The number of likely N-dealkylation sites (tertiary alicyclic amines) is 1. The molecule has 1 unspecified atom stereocenters. The quantitative estimate of drug-likeness (QED) is 0.692. The number of carbonyl (C=O) groups is 1. The number of nitrogens with zero attached hydrogens (tertiary/aromatic N) is 3. The minimum absolute atomic E-state index is 0.142. The second-order valence-corrected chi connectivity index (χ2v) is 6.55. The van der Waals surface area contributed by atoms with Crippen molar-refractivity contribution in [1.29, 1.82) is 0 Å². The van der Waals surface area contributed by atoms with Gasteiger partial charge in [-0.3, -0.25) is 4.79 Å². The van der Waals surface area contributed by atoms with E-state index in [9.17, 15) is 13.6 Å². The van der Waals surface area contributed by atoms with Gasteiger partial charge in [0.05, 0.1) is 6.54 Å². The standard InChI is InChI=1S/C20H17F2N3O2/c1-12-5-2-3-6-13(12)19-23-20(27-24-19)17-9-10-18(26)25(17)11-14-15(21)7-4-8-16(14)22/h2-8,17H,9-11H2,1H3. The molecule has 0 aliphatic carbocycles. The Kier molecular flexibility index (Phi) is 4.43. The number of hydrogen-bond donors (Lipinski definition) is 0. The van der Waals surface area contributed by atoms with E-state index in [2.05, 4.69) is 10.1 Å². The summed E-state index contributed by atoms with van der Waals surface area (Å²) in [6.07, 6.45) is 0.729. The number of halogens is 2. The van der Waals surface area contributed by atoms with Crippen molar-refractivity contribution in [2.45, 2.75) is 32.4 Å². The zero-order chi connectivity index (χ0) is 19.0. The van der Waals surface area contributed by atoms with Gasteiger partial charge >= 0.3 is 0 Å². The molecular weight excluding hydrogens is 352 g/mol. The van der Waals surface area contributed by atoms with E-state index in [0.29, 0.717) is 12.2 Å². The number of carbonyl (C=O) groups excluding carboxylic acids is 1. The summed E-state index contributed by atoms with van der Waals surface area (Å²) < 4.78 is 33.4. The maximum atomic E-state index is 14.0. The van der Waals surface area contributed by atoms with Crippen LogP contribution in [0.1, 0.15) is 35.9 Å². The third-order valence-electron chi connectivity index (χ3n) is 4.83. The third-order valence-corrected chi connectivity index (χ3v) is 4.83. The molecule has 138 valence electrons. The Morgan fingerprint density at radius 2 is 1.89 bits per heavy atom. The first-order valence-corrected chi connectivity index (χ1v) is 8.66. The van der Waals surface area contributed by atoms with Crippen molar-refractivity contribution in [3.63, 3.8) is 0 Å². The van der Waals surface area contributed by atoms with Crippen molar-refractivity contribution in [2.75, 3.05) is 0 Å². The predicted octanol–water partition coefficient (Wildman–Crippen LogP) is 4.19. The highest BCUT2D eigenvalue weighted by Crippen LogP contribution is 2.35. The molecule has 1 saturated heterocycles. The minimum atomic E-state index is -0.681. The van der Waals surface area contributed by atoms with E-state index in [1.54, 1.807) is 0 Å². The zero-order valence-corrected chi connectivity index (χ0v) is 14.7. The van der Waals surface area contributed by atoms with Crippen molar-refractivity contribution < 1.29 is 18.1 Å². The van der Waals surface area contributed by atoms with Crippen LogP contribution < -0.4 is 0 Å².